The molecule has 63 heavy (non-hydrogen) atoms. The van der Waals surface area contributed by atoms with Gasteiger partial charge in [0.15, 0.2) is 29.3 Å². The molecule has 6 aromatic carbocycles. The van der Waals surface area contributed by atoms with E-state index in [2.05, 4.69) is 5.43 Å². The molecule has 1 aliphatic rings. The van der Waals surface area contributed by atoms with Crippen molar-refractivity contribution in [3.8, 4) is 28.7 Å². The number of phenolic OH excluding ortho intramolecular Hbond substituents is 2. The predicted octanol–water partition coefficient (Wildman–Crippen LogP) is 8.34. The fourth-order valence-corrected chi connectivity index (χ4v) is 8.89. The number of phenols is 2. The van der Waals surface area contributed by atoms with Crippen molar-refractivity contribution in [3.05, 3.63) is 185 Å². The molecule has 0 saturated carbocycles. The Morgan fingerprint density at radius 3 is 1.84 bits per heavy atom. The summed E-state index contributed by atoms with van der Waals surface area (Å²) in [5, 5.41) is 34.3. The highest BCUT2D eigenvalue weighted by atomic mass is 31.2. The Morgan fingerprint density at radius 1 is 0.683 bits per heavy atom. The number of nitrogens with zero attached hydrogens (tertiary/aromatic N) is 2. The second-order valence-corrected chi connectivity index (χ2v) is 17.1. The Morgan fingerprint density at radius 2 is 1.24 bits per heavy atom. The monoisotopic (exact) mass is 873 g/mol. The SMILES string of the molecule is COc1cc(CN2NCC(O)C(C(Cc3ccccc3)c3cccc(OCP(=O)(O)OC(Cc4ccccc4)c4ccccc4)c3)N(Cc3ccc(O)c(OC)c3)C2=O)ccc1O. The number of urea groups is 1. The lowest BCUT2D eigenvalue weighted by molar-refractivity contribution is 0.0593. The summed E-state index contributed by atoms with van der Waals surface area (Å²) in [6, 6.07) is 44.1. The maximum Gasteiger partial charge on any atom is 0.365 e. The van der Waals surface area contributed by atoms with Crippen LogP contribution in [-0.2, 0) is 35.0 Å². The summed E-state index contributed by atoms with van der Waals surface area (Å²) in [6.07, 6.45) is -1.69. The summed E-state index contributed by atoms with van der Waals surface area (Å²) in [5.41, 5.74) is 7.80. The molecule has 0 bridgehead atoms. The molecule has 5 unspecified atom stereocenters. The highest BCUT2D eigenvalue weighted by Gasteiger charge is 2.42. The van der Waals surface area contributed by atoms with Crippen molar-refractivity contribution in [1.29, 1.82) is 0 Å². The van der Waals surface area contributed by atoms with E-state index in [0.29, 0.717) is 35.3 Å². The van der Waals surface area contributed by atoms with Crippen molar-refractivity contribution in [3.63, 3.8) is 0 Å². The van der Waals surface area contributed by atoms with E-state index in [9.17, 15) is 29.6 Å². The maximum absolute atomic E-state index is 14.9. The molecule has 7 rings (SSSR count). The Balaban J connectivity index is 1.21. The molecule has 0 spiro atoms. The first kappa shape index (κ1) is 44.7. The standard InChI is InChI=1S/C49H52N3O10P/c1-59-46-27-36(21-23-42(46)53)31-51-48(44(55)30-50-52(49(51)56)32-37-22-24-43(54)47(28-37)60-2)41(25-34-13-6-3-7-14-34)39-19-12-20-40(29-39)61-33-63(57,58)62-45(38-17-10-5-11-18-38)26-35-15-8-4-9-16-35/h3-24,27-29,41,44-45,48,50,53-55H,25-26,30-33H2,1-2H3,(H,57,58). The van der Waals surface area contributed by atoms with Crippen molar-refractivity contribution in [2.45, 2.75) is 50.1 Å². The van der Waals surface area contributed by atoms with Crippen LogP contribution in [0.2, 0.25) is 0 Å². The number of hydrogen-bond acceptors (Lipinski definition) is 10. The van der Waals surface area contributed by atoms with E-state index in [1.54, 1.807) is 47.4 Å². The van der Waals surface area contributed by atoms with E-state index in [4.69, 9.17) is 18.7 Å². The summed E-state index contributed by atoms with van der Waals surface area (Å²) in [7, 11) is -1.45. The van der Waals surface area contributed by atoms with Gasteiger partial charge in [0.05, 0.1) is 39.0 Å². The zero-order valence-electron chi connectivity index (χ0n) is 35.1. The van der Waals surface area contributed by atoms with Gasteiger partial charge in [-0.2, -0.15) is 0 Å². The van der Waals surface area contributed by atoms with Gasteiger partial charge in [-0.05, 0) is 76.2 Å². The zero-order valence-corrected chi connectivity index (χ0v) is 36.0. The molecule has 6 aromatic rings. The minimum atomic E-state index is -4.34. The van der Waals surface area contributed by atoms with Crippen LogP contribution in [0.5, 0.6) is 28.7 Å². The molecule has 5 atom stereocenters. The number of aliphatic hydroxyl groups is 1. The molecule has 13 nitrogen and oxygen atoms in total. The van der Waals surface area contributed by atoms with Crippen molar-refractivity contribution in [1.82, 2.24) is 15.3 Å². The lowest BCUT2D eigenvalue weighted by atomic mass is 9.82. The van der Waals surface area contributed by atoms with E-state index in [0.717, 1.165) is 16.7 Å². The summed E-state index contributed by atoms with van der Waals surface area (Å²) in [4.78, 5) is 27.8. The van der Waals surface area contributed by atoms with Gasteiger partial charge in [-0.15, -0.1) is 0 Å². The van der Waals surface area contributed by atoms with Gasteiger partial charge in [0.1, 0.15) is 5.75 Å². The van der Waals surface area contributed by atoms with Gasteiger partial charge < -0.3 is 39.3 Å². The first-order valence-electron chi connectivity index (χ1n) is 20.6. The van der Waals surface area contributed by atoms with Gasteiger partial charge in [0.2, 0.25) is 0 Å². The molecule has 1 heterocycles. The fourth-order valence-electron chi connectivity index (χ4n) is 7.92. The van der Waals surface area contributed by atoms with Gasteiger partial charge >= 0.3 is 13.6 Å². The third-order valence-corrected chi connectivity index (χ3v) is 12.1. The van der Waals surface area contributed by atoms with Crippen LogP contribution in [0.4, 0.5) is 4.79 Å². The Labute approximate surface area is 367 Å². The number of hydrazine groups is 1. The summed E-state index contributed by atoms with van der Waals surface area (Å²) in [5.74, 6) is 0.122. The van der Waals surface area contributed by atoms with E-state index in [1.807, 2.05) is 97.1 Å². The topological polar surface area (TPSA) is 170 Å². The number of carbonyl (C=O) groups excluding carboxylic acids is 1. The largest absolute Gasteiger partial charge is 0.504 e. The van der Waals surface area contributed by atoms with E-state index >= 15 is 0 Å². The molecule has 0 aromatic heterocycles. The number of β-amino-alcohol motifs (C(OH)–C–C–N with tert-alkyl or cyclic N) is 1. The molecule has 1 fully saturated rings. The number of benzene rings is 6. The lowest BCUT2D eigenvalue weighted by Gasteiger charge is -2.39. The number of carbonyl (C=O) groups is 1. The van der Waals surface area contributed by atoms with E-state index < -0.39 is 44.1 Å². The molecule has 5 N–H and O–H groups in total. The zero-order chi connectivity index (χ0) is 44.3. The number of rotatable bonds is 18. The normalized spacial score (nSPS) is 17.3. The number of methoxy groups -OCH3 is 2. The number of hydrogen-bond donors (Lipinski definition) is 5. The summed E-state index contributed by atoms with van der Waals surface area (Å²) in [6.45, 7) is 0.0855. The van der Waals surface area contributed by atoms with Gasteiger partial charge in [-0.3, -0.25) is 14.1 Å². The predicted molar refractivity (Wildman–Crippen MR) is 239 cm³/mol. The van der Waals surface area contributed by atoms with Crippen LogP contribution in [0, 0.1) is 0 Å². The quantitative estimate of drug-likeness (QED) is 0.0526. The second-order valence-electron chi connectivity index (χ2n) is 15.4. The molecule has 1 saturated heterocycles. The molecule has 14 heteroatoms. The van der Waals surface area contributed by atoms with Gasteiger partial charge in [-0.25, -0.2) is 10.2 Å². The van der Waals surface area contributed by atoms with Crippen LogP contribution >= 0.6 is 7.60 Å². The van der Waals surface area contributed by atoms with Gasteiger partial charge in [-0.1, -0.05) is 115 Å². The van der Waals surface area contributed by atoms with Crippen LogP contribution < -0.4 is 19.6 Å². The Hall–Kier alpha value is -6.34. The van der Waals surface area contributed by atoms with Crippen LogP contribution in [0.3, 0.4) is 0 Å². The molecule has 0 radical (unpaired) electrons. The van der Waals surface area contributed by atoms with Crippen LogP contribution in [0.25, 0.3) is 0 Å². The molecule has 0 aliphatic carbocycles. The molecule has 2 amide bonds. The highest BCUT2D eigenvalue weighted by Crippen LogP contribution is 2.48. The lowest BCUT2D eigenvalue weighted by Crippen LogP contribution is -2.52. The average Bonchev–Trinajstić information content (AvgIpc) is 3.41. The van der Waals surface area contributed by atoms with Crippen LogP contribution in [0.15, 0.2) is 152 Å². The van der Waals surface area contributed by atoms with E-state index in [1.165, 1.54) is 31.4 Å². The Kier molecular flexibility index (Phi) is 14.7. The number of amides is 2. The number of aromatic hydroxyl groups is 2. The molecular formula is C49H52N3O10P. The first-order valence-corrected chi connectivity index (χ1v) is 22.3. The Bertz CT molecular complexity index is 2480. The maximum atomic E-state index is 14.9. The molecular weight excluding hydrogens is 822 g/mol. The average molecular weight is 874 g/mol. The van der Waals surface area contributed by atoms with Gasteiger partial charge in [0.25, 0.3) is 0 Å². The van der Waals surface area contributed by atoms with Crippen LogP contribution in [0.1, 0.15) is 45.4 Å². The summed E-state index contributed by atoms with van der Waals surface area (Å²) < 4.78 is 36.5. The number of ether oxygens (including phenoxy) is 3. The van der Waals surface area contributed by atoms with Crippen molar-refractivity contribution < 1.29 is 48.3 Å². The molecule has 1 aliphatic heterocycles. The third-order valence-electron chi connectivity index (χ3n) is 11.0. The van der Waals surface area contributed by atoms with Gasteiger partial charge in [0, 0.05) is 25.4 Å². The second kappa shape index (κ2) is 20.7. The molecule has 328 valence electrons. The summed E-state index contributed by atoms with van der Waals surface area (Å²) >= 11 is 0. The van der Waals surface area contributed by atoms with Crippen molar-refractivity contribution in [2.75, 3.05) is 27.1 Å². The number of nitrogens with one attached hydrogen (secondary N) is 1. The van der Waals surface area contributed by atoms with E-state index in [-0.39, 0.29) is 42.6 Å². The smallest absolute Gasteiger partial charge is 0.365 e. The van der Waals surface area contributed by atoms with Crippen molar-refractivity contribution in [2.24, 2.45) is 0 Å². The minimum Gasteiger partial charge on any atom is -0.504 e. The number of aliphatic hydroxyl groups excluding tert-OH is 1. The van der Waals surface area contributed by atoms with Crippen molar-refractivity contribution >= 4 is 13.6 Å². The third kappa shape index (κ3) is 11.6. The highest BCUT2D eigenvalue weighted by molar-refractivity contribution is 7.52. The minimum absolute atomic E-state index is 0.000893. The van der Waals surface area contributed by atoms with Crippen LogP contribution in [-0.4, -0.2) is 75.4 Å². The fraction of sp³-hybridized carbons (Fsp3) is 0.245. The first-order chi connectivity index (χ1) is 30.5.